The average molecular weight is 1010 g/mol. The number of fused-ring (bicyclic) bond motifs is 1. The second kappa shape index (κ2) is 17.6. The van der Waals surface area contributed by atoms with Crippen LogP contribution in [0.5, 0.6) is 5.75 Å². The molecule has 2 aromatic heterocycles. The molecule has 0 atom stereocenters. The average Bonchev–Trinajstić information content (AvgIpc) is 3.73. The molecule has 0 aliphatic rings. The standard InChI is InChI=1S/C59H46N3O.Pt/c1-39-27-29-41(30-28-39)44-31-32-60-53(36-44)47-34-45(40-17-8-5-9-18-40)33-46(35-47)48-24-16-25-54-57(48)61-58(49-23-14-15-26-56(49)63)62(54)55-38-50(42-19-10-6-11-20-42)52(59(2,3)4)37-51(55)43-21-12-7-13-22-43;/h5-34,36-38,63H,1-4H3;/q-1;/i1D3;. The Labute approximate surface area is 394 Å². The Morgan fingerprint density at radius 1 is 0.531 bits per heavy atom. The van der Waals surface area contributed by atoms with Crippen LogP contribution >= 0.6 is 0 Å². The summed E-state index contributed by atoms with van der Waals surface area (Å²) in [6, 6.07) is 68.6. The number of pyridine rings is 1. The molecule has 10 aromatic rings. The van der Waals surface area contributed by atoms with Crippen molar-refractivity contribution >= 4 is 11.0 Å². The third-order valence-electron chi connectivity index (χ3n) is 11.7. The van der Waals surface area contributed by atoms with Gasteiger partial charge in [0.25, 0.3) is 0 Å². The van der Waals surface area contributed by atoms with Crippen molar-refractivity contribution in [2.45, 2.75) is 33.0 Å². The van der Waals surface area contributed by atoms with Gasteiger partial charge < -0.3 is 5.11 Å². The third kappa shape index (κ3) is 8.14. The summed E-state index contributed by atoms with van der Waals surface area (Å²) in [6.45, 7) is 4.59. The quantitative estimate of drug-likeness (QED) is 0.154. The van der Waals surface area contributed by atoms with Gasteiger partial charge in [0.15, 0.2) is 0 Å². The molecule has 0 radical (unpaired) electrons. The number of hydrogen-bond donors (Lipinski definition) is 1. The fourth-order valence-corrected chi connectivity index (χ4v) is 8.57. The van der Waals surface area contributed by atoms with Crippen LogP contribution in [-0.4, -0.2) is 19.6 Å². The number of aryl methyl sites for hydroxylation is 1. The summed E-state index contributed by atoms with van der Waals surface area (Å²) in [7, 11) is 0. The summed E-state index contributed by atoms with van der Waals surface area (Å²) in [4.78, 5) is 10.4. The van der Waals surface area contributed by atoms with Gasteiger partial charge in [0, 0.05) is 42.6 Å². The first-order chi connectivity index (χ1) is 31.9. The Bertz CT molecular complexity index is 3380. The van der Waals surface area contributed by atoms with Crippen LogP contribution in [0.15, 0.2) is 200 Å². The molecule has 4 nitrogen and oxygen atoms in total. The van der Waals surface area contributed by atoms with Gasteiger partial charge in [-0.15, -0.1) is 23.8 Å². The van der Waals surface area contributed by atoms with E-state index in [9.17, 15) is 5.11 Å². The molecule has 0 fully saturated rings. The monoisotopic (exact) mass is 1010 g/mol. The minimum absolute atomic E-state index is 0. The van der Waals surface area contributed by atoms with Gasteiger partial charge in [0.05, 0.1) is 22.3 Å². The second-order valence-corrected chi connectivity index (χ2v) is 16.9. The zero-order valence-electron chi connectivity index (χ0n) is 38.7. The Morgan fingerprint density at radius 2 is 1.14 bits per heavy atom. The fraction of sp³-hybridized carbons (Fsp3) is 0.0847. The molecule has 64 heavy (non-hydrogen) atoms. The number of aromatic nitrogens is 3. The molecule has 0 aliphatic heterocycles. The van der Waals surface area contributed by atoms with Gasteiger partial charge >= 0.3 is 0 Å². The normalized spacial score (nSPS) is 12.3. The van der Waals surface area contributed by atoms with Crippen LogP contribution in [0.4, 0.5) is 0 Å². The Hall–Kier alpha value is -7.13. The van der Waals surface area contributed by atoms with Crippen molar-refractivity contribution in [3.8, 4) is 89.7 Å². The first kappa shape index (κ1) is 38.5. The van der Waals surface area contributed by atoms with E-state index in [0.29, 0.717) is 17.0 Å². The van der Waals surface area contributed by atoms with E-state index in [4.69, 9.17) is 14.1 Å². The number of para-hydroxylation sites is 2. The summed E-state index contributed by atoms with van der Waals surface area (Å²) in [5.41, 5.74) is 15.9. The van der Waals surface area contributed by atoms with Crippen molar-refractivity contribution in [3.05, 3.63) is 218 Å². The van der Waals surface area contributed by atoms with Gasteiger partial charge in [-0.25, -0.2) is 4.98 Å². The Morgan fingerprint density at radius 3 is 1.81 bits per heavy atom. The number of nitrogens with zero attached hydrogens (tertiary/aromatic N) is 3. The summed E-state index contributed by atoms with van der Waals surface area (Å²) in [6.07, 6.45) is 1.78. The number of phenols is 1. The molecule has 8 aromatic carbocycles. The number of benzene rings is 8. The number of imidazole rings is 1. The van der Waals surface area contributed by atoms with Crippen molar-refractivity contribution in [3.63, 3.8) is 0 Å². The van der Waals surface area contributed by atoms with Crippen molar-refractivity contribution in [1.82, 2.24) is 14.5 Å². The number of rotatable bonds is 8. The minimum atomic E-state index is -2.18. The molecule has 0 spiro atoms. The molecule has 2 heterocycles. The molecular weight excluding hydrogens is 962 g/mol. The van der Waals surface area contributed by atoms with Crippen molar-refractivity contribution in [2.75, 3.05) is 0 Å². The maximum Gasteiger partial charge on any atom is 0.148 e. The number of hydrogen-bond acceptors (Lipinski definition) is 3. The van der Waals surface area contributed by atoms with Crippen LogP contribution < -0.4 is 0 Å². The molecule has 0 bridgehead atoms. The molecule has 0 amide bonds. The molecule has 0 aliphatic carbocycles. The van der Waals surface area contributed by atoms with Gasteiger partial charge in [0.1, 0.15) is 11.6 Å². The first-order valence-corrected chi connectivity index (χ1v) is 21.2. The zero-order chi connectivity index (χ0) is 45.6. The predicted octanol–water partition coefficient (Wildman–Crippen LogP) is 15.2. The van der Waals surface area contributed by atoms with Gasteiger partial charge in [-0.3, -0.25) is 9.55 Å². The number of aromatic hydroxyl groups is 1. The maximum absolute atomic E-state index is 11.6. The van der Waals surface area contributed by atoms with E-state index in [1.165, 1.54) is 5.56 Å². The second-order valence-electron chi connectivity index (χ2n) is 16.9. The van der Waals surface area contributed by atoms with E-state index in [1.807, 2.05) is 72.8 Å². The summed E-state index contributed by atoms with van der Waals surface area (Å²) in [5, 5.41) is 11.6. The van der Waals surface area contributed by atoms with Crippen LogP contribution in [0.3, 0.4) is 0 Å². The SMILES string of the molecule is [2H]C([2H])([2H])c1ccc(-c2ccnc(-c3[c-]c(-c4cccc5c4nc(-c4ccccc4O)n5-c4cc(-c5ccccc5)c(C(C)(C)C)cc4-c4ccccc4)cc(-c4ccccc4)c3)c2)cc1.[Pt]. The van der Waals surface area contributed by atoms with Gasteiger partial charge in [-0.05, 0) is 87.6 Å². The summed E-state index contributed by atoms with van der Waals surface area (Å²) in [5.74, 6) is 0.735. The topological polar surface area (TPSA) is 50.9 Å². The number of phenolic OH excluding ortho intramolecular Hbond substituents is 1. The van der Waals surface area contributed by atoms with Gasteiger partial charge in [-0.2, -0.15) is 0 Å². The zero-order valence-corrected chi connectivity index (χ0v) is 37.9. The van der Waals surface area contributed by atoms with Crippen molar-refractivity contribution in [2.24, 2.45) is 0 Å². The molecule has 1 N–H and O–H groups in total. The molecule has 5 heteroatoms. The predicted molar refractivity (Wildman–Crippen MR) is 261 cm³/mol. The first-order valence-electron chi connectivity index (χ1n) is 22.7. The molecule has 0 saturated carbocycles. The van der Waals surface area contributed by atoms with Gasteiger partial charge in [0.2, 0.25) is 0 Å². The summed E-state index contributed by atoms with van der Waals surface area (Å²) >= 11 is 0. The van der Waals surface area contributed by atoms with Crippen molar-refractivity contribution < 1.29 is 30.3 Å². The fourth-order valence-electron chi connectivity index (χ4n) is 8.57. The molecular formula is C59H46N3OPt-. The van der Waals surface area contributed by atoms with E-state index >= 15 is 0 Å². The van der Waals surface area contributed by atoms with E-state index in [2.05, 4.69) is 135 Å². The van der Waals surface area contributed by atoms with Crippen molar-refractivity contribution in [1.29, 1.82) is 0 Å². The smallest absolute Gasteiger partial charge is 0.148 e. The van der Waals surface area contributed by atoms with Crippen LogP contribution in [-0.2, 0) is 26.5 Å². The summed E-state index contributed by atoms with van der Waals surface area (Å²) < 4.78 is 25.8. The van der Waals surface area contributed by atoms with Crippen LogP contribution in [0.25, 0.3) is 95.0 Å². The minimum Gasteiger partial charge on any atom is -0.507 e. The van der Waals surface area contributed by atoms with Crippen LogP contribution in [0.1, 0.15) is 36.0 Å². The molecule has 0 saturated heterocycles. The van der Waals surface area contributed by atoms with Gasteiger partial charge in [-0.1, -0.05) is 189 Å². The molecule has 10 rings (SSSR count). The molecule has 0 unspecified atom stereocenters. The third-order valence-corrected chi connectivity index (χ3v) is 11.7. The largest absolute Gasteiger partial charge is 0.507 e. The van der Waals surface area contributed by atoms with E-state index in [1.54, 1.807) is 24.4 Å². The molecule has 314 valence electrons. The van der Waals surface area contributed by atoms with E-state index in [0.717, 1.165) is 83.6 Å². The Balaban J connectivity index is 0.00000562. The van der Waals surface area contributed by atoms with Crippen LogP contribution in [0.2, 0.25) is 0 Å². The Kier molecular flexibility index (Phi) is 10.6. The maximum atomic E-state index is 11.6. The van der Waals surface area contributed by atoms with Crippen LogP contribution in [0, 0.1) is 12.9 Å². The van der Waals surface area contributed by atoms with E-state index < -0.39 is 6.85 Å². The van der Waals surface area contributed by atoms with E-state index in [-0.39, 0.29) is 32.2 Å².